The van der Waals surface area contributed by atoms with Crippen LogP contribution < -0.4 is 4.74 Å². The minimum atomic E-state index is -0.0492. The molecule has 3 nitrogen and oxygen atoms in total. The standard InChI is InChI=1S/C12H16O3/c1-8-5-9(2)12(10(13)7-14-3)11(6-8)15-4/h5-6H,7H2,1-4H3. The van der Waals surface area contributed by atoms with Gasteiger partial charge in [0.25, 0.3) is 0 Å². The average Bonchev–Trinajstić information content (AvgIpc) is 2.16. The van der Waals surface area contributed by atoms with E-state index in [9.17, 15) is 4.79 Å². The van der Waals surface area contributed by atoms with Gasteiger partial charge in [0, 0.05) is 7.11 Å². The number of ketones is 1. The van der Waals surface area contributed by atoms with Gasteiger partial charge in [-0.3, -0.25) is 4.79 Å². The summed E-state index contributed by atoms with van der Waals surface area (Å²) in [7, 11) is 3.08. The summed E-state index contributed by atoms with van der Waals surface area (Å²) in [6.07, 6.45) is 0. The smallest absolute Gasteiger partial charge is 0.192 e. The van der Waals surface area contributed by atoms with Crippen molar-refractivity contribution >= 4 is 5.78 Å². The van der Waals surface area contributed by atoms with Crippen LogP contribution in [0.15, 0.2) is 12.1 Å². The molecule has 3 heteroatoms. The second-order valence-electron chi connectivity index (χ2n) is 3.52. The van der Waals surface area contributed by atoms with Crippen molar-refractivity contribution in [1.29, 1.82) is 0 Å². The van der Waals surface area contributed by atoms with Crippen LogP contribution >= 0.6 is 0 Å². The van der Waals surface area contributed by atoms with E-state index in [0.29, 0.717) is 11.3 Å². The quantitative estimate of drug-likeness (QED) is 0.711. The van der Waals surface area contributed by atoms with Crippen molar-refractivity contribution in [3.05, 3.63) is 28.8 Å². The highest BCUT2D eigenvalue weighted by atomic mass is 16.5. The number of rotatable bonds is 4. The fraction of sp³-hybridized carbons (Fsp3) is 0.417. The third-order valence-electron chi connectivity index (χ3n) is 2.22. The van der Waals surface area contributed by atoms with E-state index in [1.54, 1.807) is 7.11 Å². The normalized spacial score (nSPS) is 10.1. The molecule has 0 bridgehead atoms. The van der Waals surface area contributed by atoms with Crippen LogP contribution in [0.5, 0.6) is 5.75 Å². The second-order valence-corrected chi connectivity index (χ2v) is 3.52. The van der Waals surface area contributed by atoms with Crippen molar-refractivity contribution in [2.75, 3.05) is 20.8 Å². The summed E-state index contributed by atoms with van der Waals surface area (Å²) in [5.74, 6) is 0.571. The van der Waals surface area contributed by atoms with E-state index in [1.165, 1.54) is 7.11 Å². The zero-order valence-electron chi connectivity index (χ0n) is 9.59. The predicted octanol–water partition coefficient (Wildman–Crippen LogP) is 2.14. The molecule has 0 saturated heterocycles. The molecule has 0 aliphatic rings. The Morgan fingerprint density at radius 2 is 1.93 bits per heavy atom. The summed E-state index contributed by atoms with van der Waals surface area (Å²) in [5.41, 5.74) is 2.62. The van der Waals surface area contributed by atoms with Crippen LogP contribution in [-0.2, 0) is 4.74 Å². The van der Waals surface area contributed by atoms with E-state index in [4.69, 9.17) is 9.47 Å². The molecule has 0 aliphatic carbocycles. The molecule has 0 atom stereocenters. The van der Waals surface area contributed by atoms with Gasteiger partial charge in [0.15, 0.2) is 5.78 Å². The molecule has 82 valence electrons. The van der Waals surface area contributed by atoms with Gasteiger partial charge in [0.2, 0.25) is 0 Å². The maximum Gasteiger partial charge on any atom is 0.192 e. The zero-order chi connectivity index (χ0) is 11.4. The maximum absolute atomic E-state index is 11.8. The van der Waals surface area contributed by atoms with Gasteiger partial charge in [-0.15, -0.1) is 0 Å². The molecule has 1 aromatic carbocycles. The molecule has 0 fully saturated rings. The van der Waals surface area contributed by atoms with Gasteiger partial charge in [-0.1, -0.05) is 6.07 Å². The third-order valence-corrected chi connectivity index (χ3v) is 2.22. The Morgan fingerprint density at radius 3 is 2.47 bits per heavy atom. The number of Topliss-reactive ketones (excluding diaryl/α,β-unsaturated/α-hetero) is 1. The number of hydrogen-bond donors (Lipinski definition) is 0. The molecular formula is C12H16O3. The van der Waals surface area contributed by atoms with Gasteiger partial charge in [-0.25, -0.2) is 0 Å². The summed E-state index contributed by atoms with van der Waals surface area (Å²) in [4.78, 5) is 11.8. The molecule has 0 unspecified atom stereocenters. The van der Waals surface area contributed by atoms with E-state index in [0.717, 1.165) is 11.1 Å². The van der Waals surface area contributed by atoms with Gasteiger partial charge in [-0.2, -0.15) is 0 Å². The Bertz CT molecular complexity index is 369. The first kappa shape index (κ1) is 11.7. The summed E-state index contributed by atoms with van der Waals surface area (Å²) in [6.45, 7) is 3.96. The first-order chi connectivity index (χ1) is 7.10. The second kappa shape index (κ2) is 4.94. The van der Waals surface area contributed by atoms with Crippen molar-refractivity contribution in [1.82, 2.24) is 0 Å². The highest BCUT2D eigenvalue weighted by Crippen LogP contribution is 2.24. The Labute approximate surface area is 90.0 Å². The molecule has 0 aromatic heterocycles. The fourth-order valence-electron chi connectivity index (χ4n) is 1.65. The van der Waals surface area contributed by atoms with Crippen LogP contribution in [0.2, 0.25) is 0 Å². The molecule has 0 saturated carbocycles. The fourth-order valence-corrected chi connectivity index (χ4v) is 1.65. The first-order valence-corrected chi connectivity index (χ1v) is 4.77. The lowest BCUT2D eigenvalue weighted by molar-refractivity contribution is 0.0844. The zero-order valence-corrected chi connectivity index (χ0v) is 9.59. The van der Waals surface area contributed by atoms with Gasteiger partial charge in [-0.05, 0) is 31.0 Å². The lowest BCUT2D eigenvalue weighted by atomic mass is 10.0. The number of methoxy groups -OCH3 is 2. The molecule has 15 heavy (non-hydrogen) atoms. The number of carbonyl (C=O) groups excluding carboxylic acids is 1. The van der Waals surface area contributed by atoms with E-state index in [2.05, 4.69) is 0 Å². The average molecular weight is 208 g/mol. The summed E-state index contributed by atoms with van der Waals surface area (Å²) < 4.78 is 10.0. The molecule has 0 radical (unpaired) electrons. The van der Waals surface area contributed by atoms with Crippen LogP contribution in [-0.4, -0.2) is 26.6 Å². The summed E-state index contributed by atoms with van der Waals surface area (Å²) in [6, 6.07) is 3.82. The lowest BCUT2D eigenvalue weighted by Gasteiger charge is -2.11. The highest BCUT2D eigenvalue weighted by Gasteiger charge is 2.15. The van der Waals surface area contributed by atoms with E-state index in [-0.39, 0.29) is 12.4 Å². The monoisotopic (exact) mass is 208 g/mol. The third kappa shape index (κ3) is 2.57. The van der Waals surface area contributed by atoms with Crippen molar-refractivity contribution in [3.63, 3.8) is 0 Å². The summed E-state index contributed by atoms with van der Waals surface area (Å²) >= 11 is 0. The Balaban J connectivity index is 3.20. The van der Waals surface area contributed by atoms with Gasteiger partial charge in [0.1, 0.15) is 12.4 Å². The molecule has 1 aromatic rings. The molecule has 0 N–H and O–H groups in total. The Hall–Kier alpha value is -1.35. The van der Waals surface area contributed by atoms with Gasteiger partial charge < -0.3 is 9.47 Å². The molecule has 0 spiro atoms. The molecule has 0 amide bonds. The van der Waals surface area contributed by atoms with Crippen LogP contribution in [0.3, 0.4) is 0 Å². The molecule has 1 rings (SSSR count). The topological polar surface area (TPSA) is 35.5 Å². The van der Waals surface area contributed by atoms with Crippen molar-refractivity contribution < 1.29 is 14.3 Å². The number of benzene rings is 1. The van der Waals surface area contributed by atoms with E-state index < -0.39 is 0 Å². The highest BCUT2D eigenvalue weighted by molar-refractivity contribution is 6.01. The number of ether oxygens (including phenoxy) is 2. The predicted molar refractivity (Wildman–Crippen MR) is 58.7 cm³/mol. The molecular weight excluding hydrogens is 192 g/mol. The SMILES string of the molecule is COCC(=O)c1c(C)cc(C)cc1OC. The largest absolute Gasteiger partial charge is 0.496 e. The van der Waals surface area contributed by atoms with E-state index >= 15 is 0 Å². The minimum Gasteiger partial charge on any atom is -0.496 e. The van der Waals surface area contributed by atoms with Gasteiger partial charge in [0.05, 0.1) is 12.7 Å². The minimum absolute atomic E-state index is 0.0492. The number of hydrogen-bond acceptors (Lipinski definition) is 3. The number of aryl methyl sites for hydroxylation is 2. The summed E-state index contributed by atoms with van der Waals surface area (Å²) in [5, 5.41) is 0. The van der Waals surface area contributed by atoms with Crippen LogP contribution in [0, 0.1) is 13.8 Å². The van der Waals surface area contributed by atoms with Gasteiger partial charge >= 0.3 is 0 Å². The van der Waals surface area contributed by atoms with Crippen molar-refractivity contribution in [3.8, 4) is 5.75 Å². The lowest BCUT2D eigenvalue weighted by Crippen LogP contribution is -2.11. The Kier molecular flexibility index (Phi) is 3.86. The molecule has 0 aliphatic heterocycles. The van der Waals surface area contributed by atoms with E-state index in [1.807, 2.05) is 26.0 Å². The van der Waals surface area contributed by atoms with Crippen LogP contribution in [0.25, 0.3) is 0 Å². The van der Waals surface area contributed by atoms with Crippen molar-refractivity contribution in [2.45, 2.75) is 13.8 Å². The van der Waals surface area contributed by atoms with Crippen LogP contribution in [0.4, 0.5) is 0 Å². The number of carbonyl (C=O) groups is 1. The van der Waals surface area contributed by atoms with Crippen LogP contribution in [0.1, 0.15) is 21.5 Å². The van der Waals surface area contributed by atoms with Crippen molar-refractivity contribution in [2.24, 2.45) is 0 Å². The maximum atomic E-state index is 11.8. The first-order valence-electron chi connectivity index (χ1n) is 4.77. The Morgan fingerprint density at radius 1 is 1.27 bits per heavy atom. The molecule has 0 heterocycles.